The van der Waals surface area contributed by atoms with Crippen molar-refractivity contribution < 1.29 is 13.2 Å². The highest BCUT2D eigenvalue weighted by atomic mass is 32.2. The summed E-state index contributed by atoms with van der Waals surface area (Å²) in [6, 6.07) is 7.30. The predicted molar refractivity (Wildman–Crippen MR) is 77.4 cm³/mol. The number of hydrogen-bond donors (Lipinski definition) is 2. The van der Waals surface area contributed by atoms with E-state index < -0.39 is 9.84 Å². The number of nitrogens with one attached hydrogen (secondary N) is 2. The summed E-state index contributed by atoms with van der Waals surface area (Å²) >= 11 is 0. The Morgan fingerprint density at radius 2 is 2.10 bits per heavy atom. The topological polar surface area (TPSA) is 75.3 Å². The van der Waals surface area contributed by atoms with E-state index in [1.807, 2.05) is 24.3 Å². The lowest BCUT2D eigenvalue weighted by Crippen LogP contribution is -2.48. The van der Waals surface area contributed by atoms with Gasteiger partial charge in [-0.15, -0.1) is 0 Å². The number of sulfone groups is 1. The summed E-state index contributed by atoms with van der Waals surface area (Å²) in [5, 5.41) is 6.05. The lowest BCUT2D eigenvalue weighted by atomic mass is 10.1. The van der Waals surface area contributed by atoms with Crippen LogP contribution in [0.5, 0.6) is 0 Å². The first-order valence-corrected chi connectivity index (χ1v) is 8.71. The molecule has 0 saturated carbocycles. The van der Waals surface area contributed by atoms with Crippen molar-refractivity contribution in [2.24, 2.45) is 0 Å². The predicted octanol–water partition coefficient (Wildman–Crippen LogP) is 0.717. The van der Waals surface area contributed by atoms with E-state index in [9.17, 15) is 13.2 Å². The Morgan fingerprint density at radius 1 is 1.30 bits per heavy atom. The number of carbonyl (C=O) groups is 1. The Kier molecular flexibility index (Phi) is 3.41. The molecule has 0 aliphatic carbocycles. The van der Waals surface area contributed by atoms with Crippen LogP contribution in [0, 0.1) is 0 Å². The van der Waals surface area contributed by atoms with E-state index in [1.54, 1.807) is 0 Å². The van der Waals surface area contributed by atoms with E-state index in [2.05, 4.69) is 10.6 Å². The Balaban J connectivity index is 1.61. The number of carbonyl (C=O) groups excluding carboxylic acids is 1. The first-order chi connectivity index (χ1) is 9.53. The van der Waals surface area contributed by atoms with Gasteiger partial charge in [-0.3, -0.25) is 4.79 Å². The van der Waals surface area contributed by atoms with Crippen molar-refractivity contribution >= 4 is 21.4 Å². The molecule has 1 amide bonds. The Morgan fingerprint density at radius 3 is 2.85 bits per heavy atom. The zero-order valence-corrected chi connectivity index (χ0v) is 11.9. The number of rotatable bonds is 2. The molecule has 2 aliphatic heterocycles. The van der Waals surface area contributed by atoms with Gasteiger partial charge in [-0.2, -0.15) is 0 Å². The molecule has 2 atom stereocenters. The van der Waals surface area contributed by atoms with Crippen molar-refractivity contribution in [1.29, 1.82) is 0 Å². The second kappa shape index (κ2) is 5.09. The fourth-order valence-corrected chi connectivity index (χ4v) is 4.53. The smallest absolute Gasteiger partial charge is 0.243 e. The van der Waals surface area contributed by atoms with Crippen molar-refractivity contribution in [2.45, 2.75) is 31.3 Å². The van der Waals surface area contributed by atoms with Gasteiger partial charge in [0.1, 0.15) is 6.04 Å². The van der Waals surface area contributed by atoms with Gasteiger partial charge in [-0.1, -0.05) is 18.2 Å². The van der Waals surface area contributed by atoms with Crippen LogP contribution in [0.3, 0.4) is 0 Å². The first-order valence-electron chi connectivity index (χ1n) is 6.89. The molecular formula is C14H18N2O3S. The third-order valence-electron chi connectivity index (χ3n) is 3.90. The van der Waals surface area contributed by atoms with Crippen molar-refractivity contribution in [2.75, 3.05) is 16.8 Å². The molecule has 2 aliphatic rings. The Labute approximate surface area is 118 Å². The fraction of sp³-hybridized carbons (Fsp3) is 0.500. The molecule has 20 heavy (non-hydrogen) atoms. The third-order valence-corrected chi connectivity index (χ3v) is 5.72. The highest BCUT2D eigenvalue weighted by molar-refractivity contribution is 7.91. The second-order valence-corrected chi connectivity index (χ2v) is 7.75. The number of benzene rings is 1. The number of anilines is 1. The van der Waals surface area contributed by atoms with E-state index in [-0.39, 0.29) is 29.5 Å². The highest BCUT2D eigenvalue weighted by Crippen LogP contribution is 2.25. The van der Waals surface area contributed by atoms with Gasteiger partial charge in [0.25, 0.3) is 0 Å². The Hall–Kier alpha value is -1.56. The van der Waals surface area contributed by atoms with Crippen LogP contribution in [0.25, 0.3) is 0 Å². The average Bonchev–Trinajstić information content (AvgIpc) is 2.81. The van der Waals surface area contributed by atoms with Gasteiger partial charge in [-0.05, 0) is 24.5 Å². The van der Waals surface area contributed by atoms with Gasteiger partial charge < -0.3 is 10.6 Å². The molecule has 1 saturated heterocycles. The molecule has 5 nitrogen and oxygen atoms in total. The molecule has 0 radical (unpaired) electrons. The molecule has 2 heterocycles. The lowest BCUT2D eigenvalue weighted by molar-refractivity contribution is -0.122. The summed E-state index contributed by atoms with van der Waals surface area (Å²) in [7, 11) is -2.99. The van der Waals surface area contributed by atoms with Gasteiger partial charge in [0.05, 0.1) is 11.5 Å². The van der Waals surface area contributed by atoms with Crippen LogP contribution >= 0.6 is 0 Å². The molecule has 2 N–H and O–H groups in total. The molecule has 1 aromatic rings. The fourth-order valence-electron chi connectivity index (χ4n) is 2.89. The minimum atomic E-state index is -2.99. The monoisotopic (exact) mass is 294 g/mol. The quantitative estimate of drug-likeness (QED) is 0.842. The van der Waals surface area contributed by atoms with Crippen LogP contribution in [0.15, 0.2) is 24.3 Å². The first kappa shape index (κ1) is 13.4. The van der Waals surface area contributed by atoms with Crippen LogP contribution in [-0.4, -0.2) is 37.9 Å². The summed E-state index contributed by atoms with van der Waals surface area (Å²) < 4.78 is 23.2. The zero-order valence-electron chi connectivity index (χ0n) is 11.1. The van der Waals surface area contributed by atoms with Crippen LogP contribution in [0.2, 0.25) is 0 Å². The van der Waals surface area contributed by atoms with Gasteiger partial charge in [0.15, 0.2) is 9.84 Å². The molecule has 1 unspecified atom stereocenters. The minimum Gasteiger partial charge on any atom is -0.373 e. The number of fused-ring (bicyclic) bond motifs is 1. The maximum absolute atomic E-state index is 12.2. The standard InChI is InChI=1S/C14H18N2O3S/c17-14(15-11-5-3-7-20(18,19)9-11)13-8-10-4-1-2-6-12(10)16-13/h1-2,4,6,11,13,16H,3,5,7-9H2,(H,15,17)/t11?,13-/m0/s1. The second-order valence-electron chi connectivity index (χ2n) is 5.52. The maximum Gasteiger partial charge on any atom is 0.243 e. The van der Waals surface area contributed by atoms with E-state index in [4.69, 9.17) is 0 Å². The molecule has 3 rings (SSSR count). The summed E-state index contributed by atoms with van der Waals surface area (Å²) in [4.78, 5) is 12.2. The van der Waals surface area contributed by atoms with Crippen molar-refractivity contribution in [3.05, 3.63) is 29.8 Å². The summed E-state index contributed by atoms with van der Waals surface area (Å²) in [5.41, 5.74) is 2.12. The highest BCUT2D eigenvalue weighted by Gasteiger charge is 2.30. The van der Waals surface area contributed by atoms with Crippen LogP contribution < -0.4 is 10.6 Å². The summed E-state index contributed by atoms with van der Waals surface area (Å²) in [5.74, 6) is 0.202. The van der Waals surface area contributed by atoms with Gasteiger partial charge in [0.2, 0.25) is 5.91 Å². The van der Waals surface area contributed by atoms with E-state index in [0.717, 1.165) is 17.7 Å². The third kappa shape index (κ3) is 2.80. The number of amides is 1. The van der Waals surface area contributed by atoms with Crippen LogP contribution in [-0.2, 0) is 21.1 Å². The van der Waals surface area contributed by atoms with E-state index >= 15 is 0 Å². The van der Waals surface area contributed by atoms with E-state index in [1.165, 1.54) is 0 Å². The van der Waals surface area contributed by atoms with Crippen molar-refractivity contribution in [1.82, 2.24) is 5.32 Å². The SMILES string of the molecule is O=C(NC1CCCS(=O)(=O)C1)[C@@H]1Cc2ccccc2N1. The molecule has 0 aromatic heterocycles. The molecule has 6 heteroatoms. The zero-order chi connectivity index (χ0) is 14.2. The number of hydrogen-bond acceptors (Lipinski definition) is 4. The maximum atomic E-state index is 12.2. The Bertz CT molecular complexity index is 602. The summed E-state index contributed by atoms with van der Waals surface area (Å²) in [6.45, 7) is 0. The molecule has 108 valence electrons. The largest absolute Gasteiger partial charge is 0.373 e. The van der Waals surface area contributed by atoms with Gasteiger partial charge in [-0.25, -0.2) is 8.42 Å². The normalized spacial score (nSPS) is 27.4. The van der Waals surface area contributed by atoms with Crippen molar-refractivity contribution in [3.63, 3.8) is 0 Å². The van der Waals surface area contributed by atoms with Crippen LogP contribution in [0.4, 0.5) is 5.69 Å². The molecule has 0 spiro atoms. The van der Waals surface area contributed by atoms with Gasteiger partial charge >= 0.3 is 0 Å². The van der Waals surface area contributed by atoms with Crippen LogP contribution in [0.1, 0.15) is 18.4 Å². The summed E-state index contributed by atoms with van der Waals surface area (Å²) in [6.07, 6.45) is 2.03. The molecule has 1 fully saturated rings. The molecular weight excluding hydrogens is 276 g/mol. The minimum absolute atomic E-state index is 0.0679. The van der Waals surface area contributed by atoms with Gasteiger partial charge in [0, 0.05) is 18.2 Å². The molecule has 1 aromatic carbocycles. The van der Waals surface area contributed by atoms with E-state index in [0.29, 0.717) is 12.8 Å². The number of para-hydroxylation sites is 1. The molecule has 0 bridgehead atoms. The van der Waals surface area contributed by atoms with Crippen molar-refractivity contribution in [3.8, 4) is 0 Å². The lowest BCUT2D eigenvalue weighted by Gasteiger charge is -2.24. The average molecular weight is 294 g/mol.